The fourth-order valence-electron chi connectivity index (χ4n) is 1.20. The molecule has 0 bridgehead atoms. The number of ether oxygens (including phenoxy) is 1. The van der Waals surface area contributed by atoms with Gasteiger partial charge in [0.1, 0.15) is 6.10 Å². The van der Waals surface area contributed by atoms with Gasteiger partial charge in [-0.25, -0.2) is 0 Å². The second kappa shape index (κ2) is 3.41. The lowest BCUT2D eigenvalue weighted by molar-refractivity contribution is -0.244. The molecule has 4 atom stereocenters. The van der Waals surface area contributed by atoms with E-state index in [1.807, 2.05) is 0 Å². The van der Waals surface area contributed by atoms with Crippen LogP contribution in [0.2, 0.25) is 0 Å². The average Bonchev–Trinajstić information content (AvgIpc) is 2.26. The fraction of sp³-hybridized carbons (Fsp3) is 1.00. The van der Waals surface area contributed by atoms with Gasteiger partial charge in [0.15, 0.2) is 12.4 Å². The molecule has 0 saturated carbocycles. The minimum Gasteiger partial charge on any atom is -0.381 e. The van der Waals surface area contributed by atoms with E-state index in [-0.39, 0.29) is 6.42 Å². The van der Waals surface area contributed by atoms with Gasteiger partial charge in [-0.3, -0.25) is 0 Å². The number of aliphatic hydroxyl groups is 2. The smallest absolute Gasteiger partial charge is 0.381 e. The van der Waals surface area contributed by atoms with Crippen LogP contribution >= 0.6 is 0 Å². The van der Waals surface area contributed by atoms with Crippen LogP contribution in [0.3, 0.4) is 0 Å². The van der Waals surface area contributed by atoms with Crippen LogP contribution in [0, 0.1) is 0 Å². The molecule has 0 aromatic rings. The van der Waals surface area contributed by atoms with E-state index in [0.29, 0.717) is 0 Å². The molecule has 4 unspecified atom stereocenters. The highest BCUT2D eigenvalue weighted by atomic mass is 19.4. The number of aliphatic hydroxyl groups excluding tert-OH is 2. The molecule has 0 aromatic heterocycles. The Kier molecular flexibility index (Phi) is 2.81. The lowest BCUT2D eigenvalue weighted by Gasteiger charge is -2.22. The van der Waals surface area contributed by atoms with Gasteiger partial charge in [0.05, 0.1) is 0 Å². The molecule has 0 aliphatic carbocycles. The number of nitrogens with two attached hydrogens (primary N) is 1. The molecular formula is C6H10F3NO3. The fourth-order valence-corrected chi connectivity index (χ4v) is 1.20. The number of halogens is 3. The summed E-state index contributed by atoms with van der Waals surface area (Å²) in [5.74, 6) is 0. The van der Waals surface area contributed by atoms with Crippen molar-refractivity contribution in [2.75, 3.05) is 0 Å². The van der Waals surface area contributed by atoms with Crippen LogP contribution in [0.25, 0.3) is 0 Å². The molecule has 0 radical (unpaired) electrons. The summed E-state index contributed by atoms with van der Waals surface area (Å²) in [6, 6.07) is -0.994. The molecule has 13 heavy (non-hydrogen) atoms. The molecule has 1 aliphatic heterocycles. The van der Waals surface area contributed by atoms with Crippen molar-refractivity contribution in [3.05, 3.63) is 0 Å². The van der Waals surface area contributed by atoms with Gasteiger partial charge in [-0.15, -0.1) is 0 Å². The van der Waals surface area contributed by atoms with Gasteiger partial charge in [0.25, 0.3) is 0 Å². The van der Waals surface area contributed by atoms with Crippen molar-refractivity contribution in [1.29, 1.82) is 0 Å². The van der Waals surface area contributed by atoms with Crippen LogP contribution in [0.5, 0.6) is 0 Å². The van der Waals surface area contributed by atoms with Gasteiger partial charge >= 0.3 is 6.18 Å². The van der Waals surface area contributed by atoms with Crippen molar-refractivity contribution in [2.24, 2.45) is 5.73 Å². The predicted molar refractivity (Wildman–Crippen MR) is 35.5 cm³/mol. The highest BCUT2D eigenvalue weighted by Gasteiger charge is 2.49. The summed E-state index contributed by atoms with van der Waals surface area (Å²) in [4.78, 5) is 0. The SMILES string of the molecule is NC1CC(O)OC1C(O)C(F)(F)F. The summed E-state index contributed by atoms with van der Waals surface area (Å²) in [5.41, 5.74) is 5.22. The molecule has 1 fully saturated rings. The van der Waals surface area contributed by atoms with Crippen molar-refractivity contribution in [3.63, 3.8) is 0 Å². The third kappa shape index (κ3) is 2.31. The quantitative estimate of drug-likeness (QED) is 0.526. The van der Waals surface area contributed by atoms with Gasteiger partial charge in [0, 0.05) is 12.5 Å². The Morgan fingerprint density at radius 1 is 1.46 bits per heavy atom. The average molecular weight is 201 g/mol. The van der Waals surface area contributed by atoms with E-state index < -0.39 is 30.7 Å². The number of rotatable bonds is 1. The maximum Gasteiger partial charge on any atom is 0.416 e. The standard InChI is InChI=1S/C6H10F3NO3/c7-6(8,9)5(12)4-2(10)1-3(11)13-4/h2-5,11-12H,1,10H2. The van der Waals surface area contributed by atoms with Crippen molar-refractivity contribution in [3.8, 4) is 0 Å². The van der Waals surface area contributed by atoms with Crippen LogP contribution in [0.15, 0.2) is 0 Å². The molecule has 7 heteroatoms. The molecule has 1 rings (SSSR count). The summed E-state index contributed by atoms with van der Waals surface area (Å²) in [6.07, 6.45) is -10.4. The Morgan fingerprint density at radius 3 is 2.31 bits per heavy atom. The van der Waals surface area contributed by atoms with E-state index >= 15 is 0 Å². The third-order valence-corrected chi connectivity index (χ3v) is 1.86. The van der Waals surface area contributed by atoms with E-state index in [1.54, 1.807) is 0 Å². The van der Waals surface area contributed by atoms with E-state index in [2.05, 4.69) is 4.74 Å². The molecule has 1 heterocycles. The molecule has 1 aliphatic rings. The number of alkyl halides is 3. The monoisotopic (exact) mass is 201 g/mol. The minimum absolute atomic E-state index is 0.0994. The van der Waals surface area contributed by atoms with Gasteiger partial charge in [0.2, 0.25) is 0 Å². The molecule has 4 N–H and O–H groups in total. The topological polar surface area (TPSA) is 75.7 Å². The first-order valence-electron chi connectivity index (χ1n) is 3.66. The van der Waals surface area contributed by atoms with E-state index in [1.165, 1.54) is 0 Å². The molecule has 0 aromatic carbocycles. The van der Waals surface area contributed by atoms with Crippen LogP contribution in [-0.4, -0.2) is 40.9 Å². The molecule has 4 nitrogen and oxygen atoms in total. The van der Waals surface area contributed by atoms with Crippen molar-refractivity contribution >= 4 is 0 Å². The number of hydrogen-bond donors (Lipinski definition) is 3. The van der Waals surface area contributed by atoms with Crippen LogP contribution in [0.1, 0.15) is 6.42 Å². The van der Waals surface area contributed by atoms with Crippen LogP contribution < -0.4 is 5.73 Å². The molecular weight excluding hydrogens is 191 g/mol. The Bertz CT molecular complexity index is 186. The van der Waals surface area contributed by atoms with Gasteiger partial charge in [-0.1, -0.05) is 0 Å². The highest BCUT2D eigenvalue weighted by Crippen LogP contribution is 2.29. The summed E-state index contributed by atoms with van der Waals surface area (Å²) in [7, 11) is 0. The van der Waals surface area contributed by atoms with Crippen molar-refractivity contribution in [1.82, 2.24) is 0 Å². The van der Waals surface area contributed by atoms with Crippen LogP contribution in [-0.2, 0) is 4.74 Å². The van der Waals surface area contributed by atoms with E-state index in [9.17, 15) is 13.2 Å². The van der Waals surface area contributed by atoms with Crippen LogP contribution in [0.4, 0.5) is 13.2 Å². The Balaban J connectivity index is 2.62. The minimum atomic E-state index is -4.77. The largest absolute Gasteiger partial charge is 0.416 e. The van der Waals surface area contributed by atoms with E-state index in [0.717, 1.165) is 0 Å². The maximum absolute atomic E-state index is 11.9. The van der Waals surface area contributed by atoms with Gasteiger partial charge < -0.3 is 20.7 Å². The number of hydrogen-bond acceptors (Lipinski definition) is 4. The predicted octanol–water partition coefficient (Wildman–Crippen LogP) is -0.656. The second-order valence-corrected chi connectivity index (χ2v) is 2.94. The Labute approximate surface area is 72.1 Å². The lowest BCUT2D eigenvalue weighted by atomic mass is 10.1. The van der Waals surface area contributed by atoms with Crippen molar-refractivity contribution in [2.45, 2.75) is 37.1 Å². The van der Waals surface area contributed by atoms with Gasteiger partial charge in [-0.05, 0) is 0 Å². The van der Waals surface area contributed by atoms with Gasteiger partial charge in [-0.2, -0.15) is 13.2 Å². The first kappa shape index (κ1) is 10.7. The first-order valence-corrected chi connectivity index (χ1v) is 3.66. The highest BCUT2D eigenvalue weighted by molar-refractivity contribution is 4.89. The molecule has 0 amide bonds. The zero-order valence-corrected chi connectivity index (χ0v) is 6.53. The summed E-state index contributed by atoms with van der Waals surface area (Å²) < 4.78 is 40.2. The maximum atomic E-state index is 11.9. The summed E-state index contributed by atoms with van der Waals surface area (Å²) in [6.45, 7) is 0. The summed E-state index contributed by atoms with van der Waals surface area (Å²) >= 11 is 0. The zero-order chi connectivity index (χ0) is 10.2. The molecule has 0 spiro atoms. The molecule has 1 saturated heterocycles. The Morgan fingerprint density at radius 2 is 2.00 bits per heavy atom. The molecule has 78 valence electrons. The van der Waals surface area contributed by atoms with E-state index in [4.69, 9.17) is 15.9 Å². The summed E-state index contributed by atoms with van der Waals surface area (Å²) in [5, 5.41) is 17.5. The van der Waals surface area contributed by atoms with Crippen molar-refractivity contribution < 1.29 is 28.1 Å². The Hall–Kier alpha value is -0.370. The lowest BCUT2D eigenvalue weighted by Crippen LogP contribution is -2.47. The first-order chi connectivity index (χ1) is 5.82. The zero-order valence-electron chi connectivity index (χ0n) is 6.53. The second-order valence-electron chi connectivity index (χ2n) is 2.94. The third-order valence-electron chi connectivity index (χ3n) is 1.86. The normalized spacial score (nSPS) is 37.8.